The van der Waals surface area contributed by atoms with Gasteiger partial charge in [0, 0.05) is 12.1 Å². The van der Waals surface area contributed by atoms with Gasteiger partial charge in [-0.05, 0) is 45.8 Å². The zero-order valence-corrected chi connectivity index (χ0v) is 14.8. The zero-order valence-electron chi connectivity index (χ0n) is 12.4. The zero-order chi connectivity index (χ0) is 17.3. The molecule has 0 saturated heterocycles. The third kappa shape index (κ3) is 3.24. The lowest BCUT2D eigenvalue weighted by atomic mass is 10.2. The van der Waals surface area contributed by atoms with Crippen molar-refractivity contribution in [1.29, 1.82) is 0 Å². The Kier molecular flexibility index (Phi) is 4.50. The minimum absolute atomic E-state index is 0.0236. The molecule has 0 saturated carbocycles. The molecular weight excluding hydrogens is 396 g/mol. The molecule has 1 N–H and O–H groups in total. The van der Waals surface area contributed by atoms with E-state index in [1.807, 2.05) is 12.2 Å². The minimum atomic E-state index is -0.436. The maximum atomic E-state index is 10.8. The average molecular weight is 407 g/mol. The van der Waals surface area contributed by atoms with Gasteiger partial charge in [-0.25, -0.2) is 4.98 Å². The van der Waals surface area contributed by atoms with Crippen LogP contribution in [-0.2, 0) is 0 Å². The van der Waals surface area contributed by atoms with Crippen LogP contribution in [-0.4, -0.2) is 22.1 Å². The quantitative estimate of drug-likeness (QED) is 0.494. The number of ether oxygens (including phenoxy) is 1. The summed E-state index contributed by atoms with van der Waals surface area (Å²) in [7, 11) is 1.48. The number of aromatic hydroxyl groups is 1. The Bertz CT molecular complexity index is 968. The molecule has 3 aromatic rings. The highest BCUT2D eigenvalue weighted by Gasteiger charge is 2.10. The van der Waals surface area contributed by atoms with Gasteiger partial charge >= 0.3 is 0 Å². The molecule has 0 spiro atoms. The van der Waals surface area contributed by atoms with E-state index in [9.17, 15) is 15.2 Å². The molecular formula is C16H11BrN2O4S. The van der Waals surface area contributed by atoms with Crippen molar-refractivity contribution >= 4 is 55.3 Å². The summed E-state index contributed by atoms with van der Waals surface area (Å²) in [4.78, 5) is 14.8. The van der Waals surface area contributed by atoms with E-state index in [1.165, 1.54) is 30.6 Å². The van der Waals surface area contributed by atoms with Crippen LogP contribution in [0, 0.1) is 10.1 Å². The van der Waals surface area contributed by atoms with E-state index in [2.05, 4.69) is 20.9 Å². The first-order valence-corrected chi connectivity index (χ1v) is 8.38. The molecule has 6 nitrogen and oxygen atoms in total. The number of phenols is 1. The van der Waals surface area contributed by atoms with Crippen molar-refractivity contribution in [3.63, 3.8) is 0 Å². The van der Waals surface area contributed by atoms with Crippen molar-refractivity contribution in [2.24, 2.45) is 0 Å². The van der Waals surface area contributed by atoms with Gasteiger partial charge in [0.2, 0.25) is 0 Å². The molecule has 0 radical (unpaired) electrons. The second-order valence-electron chi connectivity index (χ2n) is 4.85. The van der Waals surface area contributed by atoms with Crippen LogP contribution >= 0.6 is 27.3 Å². The molecule has 0 aliphatic heterocycles. The first-order valence-electron chi connectivity index (χ1n) is 6.77. The molecule has 0 aliphatic carbocycles. The largest absolute Gasteiger partial charge is 0.503 e. The number of thiazole rings is 1. The van der Waals surface area contributed by atoms with Crippen LogP contribution in [0.15, 0.2) is 34.8 Å². The lowest BCUT2D eigenvalue weighted by Gasteiger charge is -2.06. The third-order valence-corrected chi connectivity index (χ3v) is 4.89. The fraction of sp³-hybridized carbons (Fsp3) is 0.0625. The Morgan fingerprint density at radius 1 is 1.33 bits per heavy atom. The van der Waals surface area contributed by atoms with Crippen LogP contribution in [0.4, 0.5) is 5.69 Å². The SMILES string of the molecule is COc1cc(C=Cc2nc3cc([N+](=O)[O-])ccc3s2)cc(Br)c1O. The predicted octanol–water partition coefficient (Wildman–Crippen LogP) is 4.85. The van der Waals surface area contributed by atoms with Crippen molar-refractivity contribution in [2.75, 3.05) is 7.11 Å². The first-order chi connectivity index (χ1) is 11.5. The number of nitrogens with zero attached hydrogens (tertiary/aromatic N) is 2. The summed E-state index contributed by atoms with van der Waals surface area (Å²) in [5, 5.41) is 21.4. The molecule has 24 heavy (non-hydrogen) atoms. The van der Waals surface area contributed by atoms with Gasteiger partial charge in [0.05, 0.1) is 26.7 Å². The van der Waals surface area contributed by atoms with Crippen molar-refractivity contribution in [2.45, 2.75) is 0 Å². The second kappa shape index (κ2) is 6.58. The Hall–Kier alpha value is -2.45. The maximum absolute atomic E-state index is 10.8. The topological polar surface area (TPSA) is 85.5 Å². The Balaban J connectivity index is 1.93. The molecule has 0 bridgehead atoms. The highest BCUT2D eigenvalue weighted by atomic mass is 79.9. The Morgan fingerprint density at radius 2 is 2.12 bits per heavy atom. The Labute approximate surface area is 149 Å². The van der Waals surface area contributed by atoms with Crippen LogP contribution < -0.4 is 4.74 Å². The van der Waals surface area contributed by atoms with E-state index < -0.39 is 4.92 Å². The molecule has 0 aliphatic rings. The van der Waals surface area contributed by atoms with E-state index in [0.29, 0.717) is 15.7 Å². The summed E-state index contributed by atoms with van der Waals surface area (Å²) < 4.78 is 6.52. The van der Waals surface area contributed by atoms with Gasteiger partial charge < -0.3 is 9.84 Å². The van der Waals surface area contributed by atoms with E-state index >= 15 is 0 Å². The van der Waals surface area contributed by atoms with Gasteiger partial charge in [-0.1, -0.05) is 6.08 Å². The number of benzene rings is 2. The van der Waals surface area contributed by atoms with Gasteiger partial charge in [0.1, 0.15) is 5.01 Å². The number of rotatable bonds is 4. The van der Waals surface area contributed by atoms with Crippen molar-refractivity contribution in [3.05, 3.63) is 55.5 Å². The number of methoxy groups -OCH3 is 1. The molecule has 0 atom stereocenters. The van der Waals surface area contributed by atoms with Gasteiger partial charge in [-0.3, -0.25) is 10.1 Å². The van der Waals surface area contributed by atoms with Gasteiger partial charge in [-0.2, -0.15) is 0 Å². The smallest absolute Gasteiger partial charge is 0.271 e. The van der Waals surface area contributed by atoms with Crippen molar-refractivity contribution < 1.29 is 14.8 Å². The maximum Gasteiger partial charge on any atom is 0.271 e. The van der Waals surface area contributed by atoms with Gasteiger partial charge in [-0.15, -0.1) is 11.3 Å². The number of nitro groups is 1. The number of aromatic nitrogens is 1. The summed E-state index contributed by atoms with van der Waals surface area (Å²) >= 11 is 4.71. The normalized spacial score (nSPS) is 11.2. The molecule has 122 valence electrons. The monoisotopic (exact) mass is 406 g/mol. The summed E-state index contributed by atoms with van der Waals surface area (Å²) in [5.41, 5.74) is 1.44. The predicted molar refractivity (Wildman–Crippen MR) is 97.6 cm³/mol. The molecule has 1 aromatic heterocycles. The summed E-state index contributed by atoms with van der Waals surface area (Å²) in [6.07, 6.45) is 3.65. The lowest BCUT2D eigenvalue weighted by Crippen LogP contribution is -1.86. The fourth-order valence-electron chi connectivity index (χ4n) is 2.13. The van der Waals surface area contributed by atoms with Crippen LogP contribution in [0.3, 0.4) is 0 Å². The first kappa shape index (κ1) is 16.4. The number of nitro benzene ring substituents is 1. The molecule has 3 rings (SSSR count). The summed E-state index contributed by atoms with van der Waals surface area (Å²) in [5.74, 6) is 0.408. The van der Waals surface area contributed by atoms with E-state index in [0.717, 1.165) is 15.3 Å². The molecule has 2 aromatic carbocycles. The number of hydrogen-bond acceptors (Lipinski definition) is 6. The minimum Gasteiger partial charge on any atom is -0.503 e. The van der Waals surface area contributed by atoms with Crippen molar-refractivity contribution in [1.82, 2.24) is 4.98 Å². The van der Waals surface area contributed by atoms with Crippen molar-refractivity contribution in [3.8, 4) is 11.5 Å². The van der Waals surface area contributed by atoms with Crippen LogP contribution in [0.25, 0.3) is 22.4 Å². The number of halogens is 1. The Morgan fingerprint density at radius 3 is 2.83 bits per heavy atom. The number of phenolic OH excluding ortho intramolecular Hbond substituents is 1. The lowest BCUT2D eigenvalue weighted by molar-refractivity contribution is -0.384. The summed E-state index contributed by atoms with van der Waals surface area (Å²) in [6, 6.07) is 8.09. The van der Waals surface area contributed by atoms with E-state index in [-0.39, 0.29) is 11.4 Å². The highest BCUT2D eigenvalue weighted by molar-refractivity contribution is 9.10. The molecule has 0 unspecified atom stereocenters. The highest BCUT2D eigenvalue weighted by Crippen LogP contribution is 2.36. The molecule has 1 heterocycles. The van der Waals surface area contributed by atoms with E-state index in [4.69, 9.17) is 4.74 Å². The van der Waals surface area contributed by atoms with Crippen LogP contribution in [0.5, 0.6) is 11.5 Å². The standard InChI is InChI=1S/C16H11BrN2O4S/c1-23-13-7-9(6-11(17)16(13)20)2-5-15-18-12-8-10(19(21)22)3-4-14(12)24-15/h2-8,20H,1H3. The summed E-state index contributed by atoms with van der Waals surface area (Å²) in [6.45, 7) is 0. The molecule has 0 amide bonds. The number of non-ortho nitro benzene ring substituents is 1. The van der Waals surface area contributed by atoms with Crippen LogP contribution in [0.2, 0.25) is 0 Å². The van der Waals surface area contributed by atoms with E-state index in [1.54, 1.807) is 18.2 Å². The fourth-order valence-corrected chi connectivity index (χ4v) is 3.44. The molecule has 8 heteroatoms. The second-order valence-corrected chi connectivity index (χ2v) is 6.76. The van der Waals surface area contributed by atoms with Crippen LogP contribution in [0.1, 0.15) is 10.6 Å². The van der Waals surface area contributed by atoms with Gasteiger partial charge in [0.25, 0.3) is 5.69 Å². The number of hydrogen-bond donors (Lipinski definition) is 1. The molecule has 0 fully saturated rings. The number of fused-ring (bicyclic) bond motifs is 1. The third-order valence-electron chi connectivity index (χ3n) is 3.29. The van der Waals surface area contributed by atoms with Gasteiger partial charge in [0.15, 0.2) is 11.5 Å². The average Bonchev–Trinajstić information content (AvgIpc) is 2.97.